The van der Waals surface area contributed by atoms with Gasteiger partial charge in [0, 0.05) is 18.2 Å². The molecule has 0 radical (unpaired) electrons. The maximum absolute atomic E-state index is 11.4. The molecule has 0 fully saturated rings. The van der Waals surface area contributed by atoms with Crippen molar-refractivity contribution in [3.05, 3.63) is 17.7 Å². The number of carbonyl (C=O) groups excluding carboxylic acids is 1. The smallest absolute Gasteiger partial charge is 0.224 e. The fourth-order valence-electron chi connectivity index (χ4n) is 2.42. The van der Waals surface area contributed by atoms with Crippen LogP contribution in [0.1, 0.15) is 45.1 Å². The van der Waals surface area contributed by atoms with Crippen LogP contribution in [0.5, 0.6) is 0 Å². The molecule has 0 aromatic heterocycles. The Balaban J connectivity index is 2.11. The van der Waals surface area contributed by atoms with E-state index < -0.39 is 0 Å². The van der Waals surface area contributed by atoms with Crippen LogP contribution in [0.15, 0.2) is 12.1 Å². The number of hydrogen-bond acceptors (Lipinski definition) is 3. The summed E-state index contributed by atoms with van der Waals surface area (Å²) in [5.74, 6) is 0.0731. The summed E-state index contributed by atoms with van der Waals surface area (Å²) in [6.07, 6.45) is 4.91. The summed E-state index contributed by atoms with van der Waals surface area (Å²) in [7, 11) is 0. The monoisotopic (exact) mass is 261 g/mol. The van der Waals surface area contributed by atoms with Gasteiger partial charge in [0.1, 0.15) is 0 Å². The summed E-state index contributed by atoms with van der Waals surface area (Å²) in [5.41, 5.74) is 9.76. The SMILES string of the molecule is CCCCC(C)Nc1cc2c(cc1N)NC(=O)CC2. The molecule has 2 rings (SSSR count). The van der Waals surface area contributed by atoms with Gasteiger partial charge in [-0.15, -0.1) is 0 Å². The Morgan fingerprint density at radius 2 is 2.21 bits per heavy atom. The van der Waals surface area contributed by atoms with Gasteiger partial charge in [-0.1, -0.05) is 19.8 Å². The van der Waals surface area contributed by atoms with Crippen LogP contribution >= 0.6 is 0 Å². The minimum Gasteiger partial charge on any atom is -0.397 e. The molecule has 1 aromatic rings. The van der Waals surface area contributed by atoms with Crippen molar-refractivity contribution < 1.29 is 4.79 Å². The van der Waals surface area contributed by atoms with Gasteiger partial charge in [-0.05, 0) is 37.5 Å². The van der Waals surface area contributed by atoms with Gasteiger partial charge < -0.3 is 16.4 Å². The molecule has 4 heteroatoms. The van der Waals surface area contributed by atoms with Crippen molar-refractivity contribution in [2.45, 2.75) is 52.0 Å². The van der Waals surface area contributed by atoms with E-state index in [1.54, 1.807) is 0 Å². The third-order valence-corrected chi connectivity index (χ3v) is 3.56. The molecule has 1 amide bonds. The highest BCUT2D eigenvalue weighted by molar-refractivity contribution is 5.95. The number of nitrogens with two attached hydrogens (primary N) is 1. The molecule has 0 aliphatic carbocycles. The summed E-state index contributed by atoms with van der Waals surface area (Å²) in [6, 6.07) is 4.35. The lowest BCUT2D eigenvalue weighted by Gasteiger charge is -2.22. The van der Waals surface area contributed by atoms with E-state index in [9.17, 15) is 4.79 Å². The Labute approximate surface area is 114 Å². The molecule has 1 unspecified atom stereocenters. The van der Waals surface area contributed by atoms with Crippen molar-refractivity contribution in [1.82, 2.24) is 0 Å². The van der Waals surface area contributed by atoms with Crippen molar-refractivity contribution in [1.29, 1.82) is 0 Å². The number of aryl methyl sites for hydroxylation is 1. The number of fused-ring (bicyclic) bond motifs is 1. The molecule has 0 bridgehead atoms. The maximum atomic E-state index is 11.4. The average Bonchev–Trinajstić information content (AvgIpc) is 2.37. The van der Waals surface area contributed by atoms with Crippen molar-refractivity contribution in [2.75, 3.05) is 16.4 Å². The molecular weight excluding hydrogens is 238 g/mol. The summed E-state index contributed by atoms with van der Waals surface area (Å²) in [4.78, 5) is 11.4. The molecule has 4 N–H and O–H groups in total. The van der Waals surface area contributed by atoms with E-state index in [0.717, 1.165) is 24.2 Å². The predicted molar refractivity (Wildman–Crippen MR) is 80.4 cm³/mol. The number of benzene rings is 1. The minimum atomic E-state index is 0.0731. The predicted octanol–water partition coefficient (Wildman–Crippen LogP) is 3.14. The first-order chi connectivity index (χ1) is 9.10. The molecule has 19 heavy (non-hydrogen) atoms. The molecule has 0 saturated carbocycles. The molecule has 0 spiro atoms. The zero-order valence-corrected chi connectivity index (χ0v) is 11.8. The van der Waals surface area contributed by atoms with Crippen LogP contribution in [-0.4, -0.2) is 11.9 Å². The third-order valence-electron chi connectivity index (χ3n) is 3.56. The van der Waals surface area contributed by atoms with Crippen molar-refractivity contribution in [3.8, 4) is 0 Å². The molecule has 1 aromatic carbocycles. The second-order valence-corrected chi connectivity index (χ2v) is 5.33. The normalized spacial score (nSPS) is 15.6. The van der Waals surface area contributed by atoms with Crippen LogP contribution < -0.4 is 16.4 Å². The van der Waals surface area contributed by atoms with Crippen LogP contribution in [0.2, 0.25) is 0 Å². The highest BCUT2D eigenvalue weighted by Crippen LogP contribution is 2.31. The van der Waals surface area contributed by atoms with E-state index in [1.807, 2.05) is 6.07 Å². The average molecular weight is 261 g/mol. The zero-order valence-electron chi connectivity index (χ0n) is 11.8. The number of hydrogen-bond donors (Lipinski definition) is 3. The summed E-state index contributed by atoms with van der Waals surface area (Å²) < 4.78 is 0. The Kier molecular flexibility index (Phi) is 4.30. The van der Waals surface area contributed by atoms with E-state index in [-0.39, 0.29) is 5.91 Å². The van der Waals surface area contributed by atoms with Gasteiger partial charge in [0.25, 0.3) is 0 Å². The van der Waals surface area contributed by atoms with Crippen molar-refractivity contribution in [3.63, 3.8) is 0 Å². The number of anilines is 3. The number of nitrogens with one attached hydrogen (secondary N) is 2. The van der Waals surface area contributed by atoms with Gasteiger partial charge >= 0.3 is 0 Å². The molecule has 4 nitrogen and oxygen atoms in total. The topological polar surface area (TPSA) is 67.2 Å². The Bertz CT molecular complexity index is 471. The molecule has 1 aliphatic rings. The lowest BCUT2D eigenvalue weighted by atomic mass is 10.0. The van der Waals surface area contributed by atoms with Gasteiger partial charge in [0.2, 0.25) is 5.91 Å². The molecule has 104 valence electrons. The molecular formula is C15H23N3O. The highest BCUT2D eigenvalue weighted by Gasteiger charge is 2.17. The first-order valence-electron chi connectivity index (χ1n) is 7.09. The van der Waals surface area contributed by atoms with E-state index in [4.69, 9.17) is 5.73 Å². The first kappa shape index (κ1) is 13.7. The van der Waals surface area contributed by atoms with E-state index in [1.165, 1.54) is 18.4 Å². The number of unbranched alkanes of at least 4 members (excludes halogenated alkanes) is 1. The summed E-state index contributed by atoms with van der Waals surface area (Å²) >= 11 is 0. The van der Waals surface area contributed by atoms with Crippen molar-refractivity contribution >= 4 is 23.0 Å². The summed E-state index contributed by atoms with van der Waals surface area (Å²) in [6.45, 7) is 4.37. The fraction of sp³-hybridized carbons (Fsp3) is 0.533. The van der Waals surface area contributed by atoms with Gasteiger partial charge in [-0.3, -0.25) is 4.79 Å². The number of carbonyl (C=O) groups is 1. The zero-order chi connectivity index (χ0) is 13.8. The van der Waals surface area contributed by atoms with Crippen LogP contribution in [0.25, 0.3) is 0 Å². The lowest BCUT2D eigenvalue weighted by molar-refractivity contribution is -0.116. The van der Waals surface area contributed by atoms with E-state index >= 15 is 0 Å². The Morgan fingerprint density at radius 1 is 1.42 bits per heavy atom. The standard InChI is InChI=1S/C15H23N3O/c1-3-4-5-10(2)17-14-8-11-6-7-15(19)18-13(11)9-12(14)16/h8-10,17H,3-7,16H2,1-2H3,(H,18,19). The van der Waals surface area contributed by atoms with Gasteiger partial charge in [0.05, 0.1) is 11.4 Å². The van der Waals surface area contributed by atoms with E-state index in [2.05, 4.69) is 30.5 Å². The number of rotatable bonds is 5. The van der Waals surface area contributed by atoms with E-state index in [0.29, 0.717) is 18.2 Å². The second kappa shape index (κ2) is 5.95. The first-order valence-corrected chi connectivity index (χ1v) is 7.09. The molecule has 0 saturated heterocycles. The Hall–Kier alpha value is -1.71. The molecule has 1 atom stereocenters. The molecule has 1 heterocycles. The quantitative estimate of drug-likeness (QED) is 0.713. The largest absolute Gasteiger partial charge is 0.397 e. The van der Waals surface area contributed by atoms with Crippen molar-refractivity contribution in [2.24, 2.45) is 0 Å². The lowest BCUT2D eigenvalue weighted by Crippen LogP contribution is -2.21. The third kappa shape index (κ3) is 3.40. The number of nitrogen functional groups attached to an aromatic ring is 1. The van der Waals surface area contributed by atoms with Crippen LogP contribution in [-0.2, 0) is 11.2 Å². The molecule has 1 aliphatic heterocycles. The Morgan fingerprint density at radius 3 is 2.95 bits per heavy atom. The maximum Gasteiger partial charge on any atom is 0.224 e. The van der Waals surface area contributed by atoms with Crippen LogP contribution in [0.3, 0.4) is 0 Å². The summed E-state index contributed by atoms with van der Waals surface area (Å²) in [5, 5.41) is 6.34. The van der Waals surface area contributed by atoms with Gasteiger partial charge in [-0.25, -0.2) is 0 Å². The minimum absolute atomic E-state index is 0.0731. The van der Waals surface area contributed by atoms with Gasteiger partial charge in [-0.2, -0.15) is 0 Å². The second-order valence-electron chi connectivity index (χ2n) is 5.33. The van der Waals surface area contributed by atoms with Crippen LogP contribution in [0.4, 0.5) is 17.1 Å². The highest BCUT2D eigenvalue weighted by atomic mass is 16.1. The fourth-order valence-corrected chi connectivity index (χ4v) is 2.42. The number of amides is 1. The van der Waals surface area contributed by atoms with Crippen LogP contribution in [0, 0.1) is 0 Å². The van der Waals surface area contributed by atoms with Gasteiger partial charge in [0.15, 0.2) is 0 Å².